The number of likely N-dealkylation sites (tertiary alicyclic amines) is 1. The van der Waals surface area contributed by atoms with E-state index in [9.17, 15) is 14.0 Å². The molecule has 0 radical (unpaired) electrons. The van der Waals surface area contributed by atoms with E-state index >= 15 is 0 Å². The van der Waals surface area contributed by atoms with Crippen molar-refractivity contribution in [3.8, 4) is 11.4 Å². The predicted molar refractivity (Wildman–Crippen MR) is 130 cm³/mol. The first kappa shape index (κ1) is 24.5. The highest BCUT2D eigenvalue weighted by Crippen LogP contribution is 2.23. The van der Waals surface area contributed by atoms with Crippen molar-refractivity contribution in [2.45, 2.75) is 33.2 Å². The van der Waals surface area contributed by atoms with Gasteiger partial charge >= 0.3 is 0 Å². The van der Waals surface area contributed by atoms with Gasteiger partial charge < -0.3 is 14.7 Å². The third kappa shape index (κ3) is 5.92. The molecule has 4 rings (SSSR count). The van der Waals surface area contributed by atoms with Gasteiger partial charge in [0.25, 0.3) is 5.91 Å². The first-order chi connectivity index (χ1) is 17.0. The zero-order valence-electron chi connectivity index (χ0n) is 20.0. The molecule has 1 unspecified atom stereocenters. The zero-order valence-corrected chi connectivity index (χ0v) is 20.0. The maximum absolute atomic E-state index is 13.2. The predicted octanol–water partition coefficient (Wildman–Crippen LogP) is 4.21. The van der Waals surface area contributed by atoms with Crippen LogP contribution in [0.5, 0.6) is 0 Å². The van der Waals surface area contributed by atoms with Crippen LogP contribution in [-0.4, -0.2) is 57.9 Å². The average molecular weight is 480 g/mol. The molecule has 2 aromatic carbocycles. The molecule has 2 heterocycles. The highest BCUT2D eigenvalue weighted by atomic mass is 19.1. The van der Waals surface area contributed by atoms with Crippen molar-refractivity contribution in [3.63, 3.8) is 0 Å². The van der Waals surface area contributed by atoms with E-state index in [1.54, 1.807) is 35.2 Å². The number of anilines is 1. The number of amides is 2. The van der Waals surface area contributed by atoms with Crippen LogP contribution in [0.4, 0.5) is 10.1 Å². The van der Waals surface area contributed by atoms with E-state index in [1.807, 2.05) is 19.9 Å². The molecule has 1 aromatic heterocycles. The topological polar surface area (TPSA) is 91.6 Å². The number of hydrogen-bond donors (Lipinski definition) is 1. The summed E-state index contributed by atoms with van der Waals surface area (Å²) < 4.78 is 18.6. The summed E-state index contributed by atoms with van der Waals surface area (Å²) in [5.74, 6) is 0.105. The van der Waals surface area contributed by atoms with Gasteiger partial charge in [0.15, 0.2) is 0 Å². The lowest BCUT2D eigenvalue weighted by Crippen LogP contribution is -2.40. The van der Waals surface area contributed by atoms with Gasteiger partial charge in [-0.25, -0.2) is 4.39 Å². The van der Waals surface area contributed by atoms with Crippen molar-refractivity contribution in [2.75, 3.05) is 31.5 Å². The van der Waals surface area contributed by atoms with Crippen LogP contribution in [0, 0.1) is 11.7 Å². The first-order valence-electron chi connectivity index (χ1n) is 12.0. The molecule has 1 N–H and O–H groups in total. The number of benzene rings is 2. The van der Waals surface area contributed by atoms with Crippen molar-refractivity contribution in [1.29, 1.82) is 0 Å². The normalized spacial score (nSPS) is 16.1. The second kappa shape index (κ2) is 11.2. The van der Waals surface area contributed by atoms with Crippen LogP contribution in [0.1, 0.15) is 42.9 Å². The molecule has 1 saturated heterocycles. The lowest BCUT2D eigenvalue weighted by atomic mass is 9.96. The summed E-state index contributed by atoms with van der Waals surface area (Å²) in [7, 11) is 0. The number of aromatic nitrogens is 2. The summed E-state index contributed by atoms with van der Waals surface area (Å²) in [6, 6.07) is 13.1. The second-order valence-corrected chi connectivity index (χ2v) is 8.61. The van der Waals surface area contributed by atoms with Crippen LogP contribution in [0.3, 0.4) is 0 Å². The molecule has 8 nitrogen and oxygen atoms in total. The molecular formula is C26H30FN5O3. The fourth-order valence-electron chi connectivity index (χ4n) is 4.33. The summed E-state index contributed by atoms with van der Waals surface area (Å²) in [6.07, 6.45) is 1.62. The van der Waals surface area contributed by atoms with Crippen LogP contribution in [0.2, 0.25) is 0 Å². The summed E-state index contributed by atoms with van der Waals surface area (Å²) in [6.45, 7) is 6.87. The van der Waals surface area contributed by atoms with Crippen molar-refractivity contribution in [2.24, 2.45) is 5.92 Å². The number of carbonyl (C=O) groups excluding carboxylic acids is 2. The number of carbonyl (C=O) groups is 2. The molecule has 3 aromatic rings. The van der Waals surface area contributed by atoms with Gasteiger partial charge in [0.05, 0.1) is 23.7 Å². The Kier molecular flexibility index (Phi) is 7.87. The highest BCUT2D eigenvalue weighted by Gasteiger charge is 2.28. The van der Waals surface area contributed by atoms with Gasteiger partial charge in [-0.15, -0.1) is 0 Å². The van der Waals surface area contributed by atoms with Crippen molar-refractivity contribution in [3.05, 3.63) is 65.8 Å². The zero-order chi connectivity index (χ0) is 24.8. The Morgan fingerprint density at radius 3 is 2.63 bits per heavy atom. The third-order valence-electron chi connectivity index (χ3n) is 6.27. The average Bonchev–Trinajstić information content (AvgIpc) is 3.34. The van der Waals surface area contributed by atoms with Gasteiger partial charge in [-0.05, 0) is 69.6 Å². The molecule has 2 amide bonds. The molecule has 0 bridgehead atoms. The fourth-order valence-corrected chi connectivity index (χ4v) is 4.33. The Hall–Kier alpha value is -3.59. The first-order valence-corrected chi connectivity index (χ1v) is 12.0. The van der Waals surface area contributed by atoms with E-state index in [2.05, 4.69) is 20.4 Å². The van der Waals surface area contributed by atoms with Gasteiger partial charge in [-0.3, -0.25) is 14.5 Å². The van der Waals surface area contributed by atoms with Crippen molar-refractivity contribution in [1.82, 2.24) is 19.9 Å². The summed E-state index contributed by atoms with van der Waals surface area (Å²) in [4.78, 5) is 34.3. The molecule has 1 aliphatic heterocycles. The minimum absolute atomic E-state index is 0.0930. The molecule has 1 atom stereocenters. The molecule has 0 saturated carbocycles. The lowest BCUT2D eigenvalue weighted by molar-refractivity contribution is -0.121. The van der Waals surface area contributed by atoms with Crippen LogP contribution in [0.25, 0.3) is 11.4 Å². The van der Waals surface area contributed by atoms with Gasteiger partial charge in [0.1, 0.15) is 5.82 Å². The number of piperidine rings is 1. The number of para-hydroxylation sites is 1. The maximum Gasteiger partial charge on any atom is 0.255 e. The van der Waals surface area contributed by atoms with E-state index in [-0.39, 0.29) is 23.5 Å². The largest absolute Gasteiger partial charge is 0.339 e. The molecule has 0 spiro atoms. The van der Waals surface area contributed by atoms with Crippen LogP contribution in [0.15, 0.2) is 53.1 Å². The monoisotopic (exact) mass is 479 g/mol. The smallest absolute Gasteiger partial charge is 0.255 e. The number of rotatable bonds is 8. The molecule has 9 heteroatoms. The molecule has 184 valence electrons. The Labute approximate surface area is 204 Å². The van der Waals surface area contributed by atoms with Gasteiger partial charge in [-0.1, -0.05) is 17.3 Å². The molecule has 35 heavy (non-hydrogen) atoms. The van der Waals surface area contributed by atoms with E-state index < -0.39 is 0 Å². The van der Waals surface area contributed by atoms with E-state index in [0.717, 1.165) is 19.4 Å². The number of nitrogens with one attached hydrogen (secondary N) is 1. The molecule has 1 fully saturated rings. The van der Waals surface area contributed by atoms with E-state index in [4.69, 9.17) is 4.52 Å². The summed E-state index contributed by atoms with van der Waals surface area (Å²) >= 11 is 0. The van der Waals surface area contributed by atoms with E-state index in [0.29, 0.717) is 54.7 Å². The van der Waals surface area contributed by atoms with Gasteiger partial charge in [0.2, 0.25) is 17.6 Å². The number of hydrogen-bond acceptors (Lipinski definition) is 6. The maximum atomic E-state index is 13.2. The summed E-state index contributed by atoms with van der Waals surface area (Å²) in [5, 5.41) is 6.98. The third-order valence-corrected chi connectivity index (χ3v) is 6.27. The fraction of sp³-hybridized carbons (Fsp3) is 0.385. The number of halogens is 1. The minimum Gasteiger partial charge on any atom is -0.339 e. The van der Waals surface area contributed by atoms with E-state index in [1.165, 1.54) is 12.1 Å². The molecule has 1 aliphatic rings. The highest BCUT2D eigenvalue weighted by molar-refractivity contribution is 6.04. The second-order valence-electron chi connectivity index (χ2n) is 8.61. The molecular weight excluding hydrogens is 449 g/mol. The minimum atomic E-state index is -0.324. The SMILES string of the molecule is CCN(CC)C(=O)c1ccccc1NC(=O)C1CCCN(Cc2nc(-c3ccc(F)cc3)no2)C1. The number of nitrogens with zero attached hydrogens (tertiary/aromatic N) is 4. The Morgan fingerprint density at radius 1 is 1.14 bits per heavy atom. The molecule has 0 aliphatic carbocycles. The lowest BCUT2D eigenvalue weighted by Gasteiger charge is -2.31. The van der Waals surface area contributed by atoms with Gasteiger partial charge in [0, 0.05) is 25.2 Å². The van der Waals surface area contributed by atoms with Gasteiger partial charge in [-0.2, -0.15) is 4.98 Å². The standard InChI is InChI=1S/C26H30FN5O3/c1-3-32(4-2)26(34)21-9-5-6-10-22(21)28-25(33)19-8-7-15-31(16-19)17-23-29-24(30-35-23)18-11-13-20(27)14-12-18/h5-6,9-14,19H,3-4,7-8,15-17H2,1-2H3,(H,28,33). The summed E-state index contributed by atoms with van der Waals surface area (Å²) in [5.41, 5.74) is 1.71. The van der Waals surface area contributed by atoms with Crippen LogP contribution < -0.4 is 5.32 Å². The van der Waals surface area contributed by atoms with Crippen molar-refractivity contribution >= 4 is 17.5 Å². The Morgan fingerprint density at radius 2 is 1.89 bits per heavy atom. The van der Waals surface area contributed by atoms with Crippen LogP contribution >= 0.6 is 0 Å². The van der Waals surface area contributed by atoms with Crippen molar-refractivity contribution < 1.29 is 18.5 Å². The van der Waals surface area contributed by atoms with Crippen LogP contribution in [-0.2, 0) is 11.3 Å². The Bertz CT molecular complexity index is 1160. The quantitative estimate of drug-likeness (QED) is 0.521. The Balaban J connectivity index is 1.39.